The van der Waals surface area contributed by atoms with Crippen molar-refractivity contribution in [3.8, 4) is 17.2 Å². The number of allylic oxidation sites excluding steroid dienone is 1. The number of esters is 1. The summed E-state index contributed by atoms with van der Waals surface area (Å²) in [5, 5.41) is 0. The Morgan fingerprint density at radius 1 is 0.977 bits per heavy atom. The highest BCUT2D eigenvalue weighted by atomic mass is 32.2. The molecular formula is C32H30N2O8S2. The Balaban J connectivity index is 1.54. The van der Waals surface area contributed by atoms with Crippen molar-refractivity contribution >= 4 is 33.5 Å². The van der Waals surface area contributed by atoms with E-state index < -0.39 is 22.1 Å². The molecule has 0 fully saturated rings. The van der Waals surface area contributed by atoms with Crippen molar-refractivity contribution < 1.29 is 31.6 Å². The molecule has 0 spiro atoms. The van der Waals surface area contributed by atoms with Crippen molar-refractivity contribution in [3.63, 3.8) is 0 Å². The van der Waals surface area contributed by atoms with Crippen molar-refractivity contribution in [1.29, 1.82) is 0 Å². The van der Waals surface area contributed by atoms with Gasteiger partial charge in [0.2, 0.25) is 0 Å². The maximum atomic E-state index is 13.9. The van der Waals surface area contributed by atoms with Crippen LogP contribution >= 0.6 is 11.3 Å². The van der Waals surface area contributed by atoms with Crippen LogP contribution in [0.1, 0.15) is 36.6 Å². The lowest BCUT2D eigenvalue weighted by atomic mass is 9.95. The van der Waals surface area contributed by atoms with E-state index in [-0.39, 0.29) is 28.4 Å². The second-order valence-electron chi connectivity index (χ2n) is 9.84. The molecule has 3 aromatic carbocycles. The quantitative estimate of drug-likeness (QED) is 0.201. The van der Waals surface area contributed by atoms with E-state index >= 15 is 0 Å². The highest BCUT2D eigenvalue weighted by Crippen LogP contribution is 2.36. The zero-order valence-electron chi connectivity index (χ0n) is 24.7. The molecule has 5 rings (SSSR count). The standard InChI is InChI=1S/C32H30N2O8S2/c1-6-41-31(36)28-20(3)33-32-34(29(28)22-11-16-25(39-4)26(18-22)40-5)30(35)27(43-32)17-21-9-12-23(13-10-21)42-44(37,38)24-14-7-19(2)8-15-24/h7-18,29H,6H2,1-5H3/b27-17-/t29-/m0/s1. The predicted molar refractivity (Wildman–Crippen MR) is 165 cm³/mol. The van der Waals surface area contributed by atoms with Gasteiger partial charge in [-0.05, 0) is 74.4 Å². The first-order valence-corrected chi connectivity index (χ1v) is 15.8. The number of fused-ring (bicyclic) bond motifs is 1. The van der Waals surface area contributed by atoms with Gasteiger partial charge in [-0.25, -0.2) is 9.79 Å². The third-order valence-electron chi connectivity index (χ3n) is 6.93. The minimum Gasteiger partial charge on any atom is -0.493 e. The van der Waals surface area contributed by atoms with Gasteiger partial charge in [-0.15, -0.1) is 0 Å². The first-order chi connectivity index (χ1) is 21.1. The van der Waals surface area contributed by atoms with Crippen LogP contribution in [0.4, 0.5) is 0 Å². The second-order valence-corrected chi connectivity index (χ2v) is 12.4. The lowest BCUT2D eigenvalue weighted by Crippen LogP contribution is -2.39. The van der Waals surface area contributed by atoms with E-state index in [1.54, 1.807) is 62.4 Å². The van der Waals surface area contributed by atoms with E-state index in [1.165, 1.54) is 54.4 Å². The number of benzene rings is 3. The van der Waals surface area contributed by atoms with Crippen molar-refractivity contribution in [2.45, 2.75) is 31.7 Å². The number of thiazole rings is 1. The summed E-state index contributed by atoms with van der Waals surface area (Å²) >= 11 is 1.18. The molecule has 0 unspecified atom stereocenters. The SMILES string of the molecule is CCOC(=O)C1=C(C)N=c2s/c(=C\c3ccc(OS(=O)(=O)c4ccc(C)cc4)cc3)c(=O)n2[C@H]1c1ccc(OC)c(OC)c1. The molecule has 0 amide bonds. The minimum absolute atomic E-state index is 0.0507. The van der Waals surface area contributed by atoms with E-state index in [2.05, 4.69) is 4.99 Å². The Bertz CT molecular complexity index is 2040. The van der Waals surface area contributed by atoms with Crippen LogP contribution in [0, 0.1) is 6.92 Å². The zero-order valence-corrected chi connectivity index (χ0v) is 26.3. The van der Waals surface area contributed by atoms with Crippen LogP contribution in [0.15, 0.2) is 92.7 Å². The molecule has 0 aliphatic carbocycles. The van der Waals surface area contributed by atoms with E-state index in [1.807, 2.05) is 6.92 Å². The summed E-state index contributed by atoms with van der Waals surface area (Å²) in [6.45, 7) is 5.44. The molecule has 10 nitrogen and oxygen atoms in total. The van der Waals surface area contributed by atoms with Crippen LogP contribution in [-0.4, -0.2) is 39.8 Å². The van der Waals surface area contributed by atoms with E-state index in [4.69, 9.17) is 18.4 Å². The van der Waals surface area contributed by atoms with Gasteiger partial charge < -0.3 is 18.4 Å². The molecule has 0 bridgehead atoms. The fourth-order valence-electron chi connectivity index (χ4n) is 4.78. The third kappa shape index (κ3) is 6.03. The second kappa shape index (κ2) is 12.5. The lowest BCUT2D eigenvalue weighted by Gasteiger charge is -2.25. The molecule has 0 radical (unpaired) electrons. The first-order valence-electron chi connectivity index (χ1n) is 13.6. The number of hydrogen-bond acceptors (Lipinski definition) is 10. The first kappa shape index (κ1) is 30.8. The van der Waals surface area contributed by atoms with Crippen LogP contribution in [0.2, 0.25) is 0 Å². The topological polar surface area (TPSA) is 122 Å². The average molecular weight is 635 g/mol. The molecular weight excluding hydrogens is 604 g/mol. The van der Waals surface area contributed by atoms with Crippen LogP contribution in [-0.2, 0) is 19.6 Å². The maximum Gasteiger partial charge on any atom is 0.339 e. The molecule has 12 heteroatoms. The lowest BCUT2D eigenvalue weighted by molar-refractivity contribution is -0.139. The summed E-state index contributed by atoms with van der Waals surface area (Å²) in [5.74, 6) is 0.504. The van der Waals surface area contributed by atoms with Gasteiger partial charge in [0, 0.05) is 0 Å². The molecule has 2 heterocycles. The average Bonchev–Trinajstić information content (AvgIpc) is 3.30. The number of ether oxygens (including phenoxy) is 3. The largest absolute Gasteiger partial charge is 0.493 e. The number of nitrogens with zero attached hydrogens (tertiary/aromatic N) is 2. The van der Waals surface area contributed by atoms with Gasteiger partial charge in [0.1, 0.15) is 10.6 Å². The molecule has 44 heavy (non-hydrogen) atoms. The number of hydrogen-bond donors (Lipinski definition) is 0. The normalized spacial score (nSPS) is 14.9. The van der Waals surface area contributed by atoms with E-state index in [9.17, 15) is 18.0 Å². The zero-order chi connectivity index (χ0) is 31.6. The van der Waals surface area contributed by atoms with Gasteiger partial charge in [-0.3, -0.25) is 9.36 Å². The summed E-state index contributed by atoms with van der Waals surface area (Å²) in [6, 6.07) is 17.1. The monoisotopic (exact) mass is 634 g/mol. The fraction of sp³-hybridized carbons (Fsp3) is 0.219. The number of rotatable bonds is 9. The molecule has 0 N–H and O–H groups in total. The predicted octanol–water partition coefficient (Wildman–Crippen LogP) is 3.89. The van der Waals surface area contributed by atoms with Crippen molar-refractivity contribution in [2.24, 2.45) is 4.99 Å². The Hall–Kier alpha value is -4.68. The summed E-state index contributed by atoms with van der Waals surface area (Å²) in [7, 11) is -0.975. The molecule has 1 aliphatic rings. The van der Waals surface area contributed by atoms with Crippen molar-refractivity contribution in [3.05, 3.63) is 114 Å². The molecule has 4 aromatic rings. The number of carbonyl (C=O) groups is 1. The van der Waals surface area contributed by atoms with Gasteiger partial charge >= 0.3 is 16.1 Å². The van der Waals surface area contributed by atoms with E-state index in [0.29, 0.717) is 37.7 Å². The van der Waals surface area contributed by atoms with Gasteiger partial charge in [-0.1, -0.05) is 47.2 Å². The Morgan fingerprint density at radius 3 is 2.30 bits per heavy atom. The third-order valence-corrected chi connectivity index (χ3v) is 9.18. The van der Waals surface area contributed by atoms with Gasteiger partial charge in [0.05, 0.1) is 42.7 Å². The Morgan fingerprint density at radius 2 is 1.66 bits per heavy atom. The number of carbonyl (C=O) groups excluding carboxylic acids is 1. The summed E-state index contributed by atoms with van der Waals surface area (Å²) in [5.41, 5.74) is 2.51. The van der Waals surface area contributed by atoms with Crippen LogP contribution in [0.3, 0.4) is 0 Å². The number of methoxy groups -OCH3 is 2. The molecule has 0 saturated heterocycles. The molecule has 0 saturated carbocycles. The maximum absolute atomic E-state index is 13.9. The summed E-state index contributed by atoms with van der Waals surface area (Å²) in [4.78, 5) is 32.1. The van der Waals surface area contributed by atoms with Gasteiger partial charge in [0.15, 0.2) is 16.3 Å². The van der Waals surface area contributed by atoms with Crippen LogP contribution in [0.5, 0.6) is 17.2 Å². The van der Waals surface area contributed by atoms with E-state index in [0.717, 1.165) is 5.56 Å². The minimum atomic E-state index is -4.01. The summed E-state index contributed by atoms with van der Waals surface area (Å²) < 4.78 is 48.7. The highest BCUT2D eigenvalue weighted by molar-refractivity contribution is 7.87. The molecule has 228 valence electrons. The van der Waals surface area contributed by atoms with Gasteiger partial charge in [-0.2, -0.15) is 8.42 Å². The summed E-state index contributed by atoms with van der Waals surface area (Å²) in [6.07, 6.45) is 1.68. The van der Waals surface area contributed by atoms with Crippen molar-refractivity contribution in [1.82, 2.24) is 4.57 Å². The molecule has 1 aromatic heterocycles. The number of aryl methyl sites for hydroxylation is 1. The van der Waals surface area contributed by atoms with Crippen molar-refractivity contribution in [2.75, 3.05) is 20.8 Å². The van der Waals surface area contributed by atoms with Crippen LogP contribution in [0.25, 0.3) is 6.08 Å². The number of aromatic nitrogens is 1. The molecule has 1 atom stereocenters. The smallest absolute Gasteiger partial charge is 0.339 e. The highest BCUT2D eigenvalue weighted by Gasteiger charge is 2.34. The Kier molecular flexibility index (Phi) is 8.75. The fourth-order valence-corrected chi connectivity index (χ4v) is 6.76. The van der Waals surface area contributed by atoms with Crippen LogP contribution < -0.4 is 28.5 Å². The molecule has 1 aliphatic heterocycles. The van der Waals surface area contributed by atoms with Gasteiger partial charge in [0.25, 0.3) is 5.56 Å². The Labute approximate surface area is 258 Å².